The Kier molecular flexibility index (Phi) is 4.25. The molecule has 5 nitrogen and oxygen atoms in total. The molecule has 3 rings (SSSR count). The van der Waals surface area contributed by atoms with Crippen LogP contribution < -0.4 is 15.4 Å². The highest BCUT2D eigenvalue weighted by atomic mass is 16.5. The van der Waals surface area contributed by atoms with Crippen molar-refractivity contribution in [2.45, 2.75) is 37.3 Å². The molecule has 1 amide bonds. The van der Waals surface area contributed by atoms with Crippen LogP contribution in [0.3, 0.4) is 0 Å². The molecule has 22 heavy (non-hydrogen) atoms. The van der Waals surface area contributed by atoms with Gasteiger partial charge in [0.25, 0.3) is 0 Å². The summed E-state index contributed by atoms with van der Waals surface area (Å²) in [6.07, 6.45) is 3.86. The molecule has 0 radical (unpaired) electrons. The van der Waals surface area contributed by atoms with Gasteiger partial charge in [-0.3, -0.25) is 4.79 Å². The Hall–Kier alpha value is -1.75. The predicted molar refractivity (Wildman–Crippen MR) is 87.2 cm³/mol. The summed E-state index contributed by atoms with van der Waals surface area (Å²) in [5.41, 5.74) is 0.427. The van der Waals surface area contributed by atoms with Crippen molar-refractivity contribution in [1.29, 1.82) is 0 Å². The molecular weight excluding hydrogens is 278 g/mol. The third-order valence-electron chi connectivity index (χ3n) is 4.64. The smallest absolute Gasteiger partial charge is 0.245 e. The van der Waals surface area contributed by atoms with Crippen molar-refractivity contribution >= 4 is 11.6 Å². The van der Waals surface area contributed by atoms with Crippen LogP contribution in [0.25, 0.3) is 0 Å². The molecule has 0 spiro atoms. The van der Waals surface area contributed by atoms with Crippen molar-refractivity contribution in [2.24, 2.45) is 0 Å². The standard InChI is InChI=1S/C17H25N3O2/c1-20-10-8-17(9-11-20,16(21)18-13-6-7-13)19-14-4-3-5-15(12-14)22-2/h3-5,12-13,19H,6-11H2,1-2H3,(H,18,21). The van der Waals surface area contributed by atoms with E-state index in [9.17, 15) is 4.79 Å². The van der Waals surface area contributed by atoms with Gasteiger partial charge in [0.1, 0.15) is 11.3 Å². The van der Waals surface area contributed by atoms with E-state index >= 15 is 0 Å². The number of piperidine rings is 1. The lowest BCUT2D eigenvalue weighted by Crippen LogP contribution is -2.58. The lowest BCUT2D eigenvalue weighted by molar-refractivity contribution is -0.127. The molecule has 1 saturated heterocycles. The van der Waals surface area contributed by atoms with Crippen LogP contribution in [0.5, 0.6) is 5.75 Å². The molecule has 1 aromatic carbocycles. The number of hydrogen-bond acceptors (Lipinski definition) is 4. The second-order valence-corrected chi connectivity index (χ2v) is 6.49. The molecule has 1 saturated carbocycles. The van der Waals surface area contributed by atoms with Gasteiger partial charge in [-0.2, -0.15) is 0 Å². The van der Waals surface area contributed by atoms with Gasteiger partial charge in [0.15, 0.2) is 0 Å². The van der Waals surface area contributed by atoms with E-state index < -0.39 is 5.54 Å². The molecule has 1 aliphatic carbocycles. The van der Waals surface area contributed by atoms with Crippen molar-refractivity contribution in [3.05, 3.63) is 24.3 Å². The van der Waals surface area contributed by atoms with Crippen LogP contribution in [0.1, 0.15) is 25.7 Å². The van der Waals surface area contributed by atoms with Crippen LogP contribution >= 0.6 is 0 Å². The minimum absolute atomic E-state index is 0.144. The van der Waals surface area contributed by atoms with Gasteiger partial charge in [-0.25, -0.2) is 0 Å². The molecular formula is C17H25N3O2. The highest BCUT2D eigenvalue weighted by Gasteiger charge is 2.42. The number of nitrogens with one attached hydrogen (secondary N) is 2. The average Bonchev–Trinajstić information content (AvgIpc) is 3.34. The van der Waals surface area contributed by atoms with Crippen LogP contribution in [0.2, 0.25) is 0 Å². The highest BCUT2D eigenvalue weighted by Crippen LogP contribution is 2.30. The number of hydrogen-bond donors (Lipinski definition) is 2. The zero-order valence-electron chi connectivity index (χ0n) is 13.4. The fraction of sp³-hybridized carbons (Fsp3) is 0.588. The van der Waals surface area contributed by atoms with E-state index in [2.05, 4.69) is 22.6 Å². The maximum Gasteiger partial charge on any atom is 0.245 e. The summed E-state index contributed by atoms with van der Waals surface area (Å²) in [6.45, 7) is 1.85. The van der Waals surface area contributed by atoms with E-state index in [-0.39, 0.29) is 5.91 Å². The minimum Gasteiger partial charge on any atom is -0.497 e. The number of nitrogens with zero attached hydrogens (tertiary/aromatic N) is 1. The van der Waals surface area contributed by atoms with Crippen LogP contribution in [-0.4, -0.2) is 49.6 Å². The molecule has 1 aliphatic heterocycles. The molecule has 0 bridgehead atoms. The first-order chi connectivity index (χ1) is 10.6. The number of carbonyl (C=O) groups is 1. The molecule has 120 valence electrons. The topological polar surface area (TPSA) is 53.6 Å². The zero-order chi connectivity index (χ0) is 15.6. The molecule has 0 unspecified atom stereocenters. The lowest BCUT2D eigenvalue weighted by atomic mass is 9.86. The highest BCUT2D eigenvalue weighted by molar-refractivity contribution is 5.90. The molecule has 2 aliphatic rings. The summed E-state index contributed by atoms with van der Waals surface area (Å²) in [7, 11) is 3.76. The van der Waals surface area contributed by atoms with Crippen molar-refractivity contribution in [1.82, 2.24) is 10.2 Å². The number of ether oxygens (including phenoxy) is 1. The van der Waals surface area contributed by atoms with Crippen molar-refractivity contribution in [3.8, 4) is 5.75 Å². The van der Waals surface area contributed by atoms with Gasteiger partial charge in [-0.15, -0.1) is 0 Å². The van der Waals surface area contributed by atoms with Gasteiger partial charge in [0.05, 0.1) is 7.11 Å². The van der Waals surface area contributed by atoms with Gasteiger partial charge in [-0.05, 0) is 44.9 Å². The lowest BCUT2D eigenvalue weighted by Gasteiger charge is -2.40. The molecule has 2 N–H and O–H groups in total. The Balaban J connectivity index is 1.79. The number of benzene rings is 1. The quantitative estimate of drug-likeness (QED) is 0.872. The van der Waals surface area contributed by atoms with Gasteiger partial charge < -0.3 is 20.3 Å². The number of rotatable bonds is 5. The van der Waals surface area contributed by atoms with E-state index in [0.29, 0.717) is 6.04 Å². The van der Waals surface area contributed by atoms with Crippen molar-refractivity contribution < 1.29 is 9.53 Å². The number of methoxy groups -OCH3 is 1. The van der Waals surface area contributed by atoms with E-state index in [4.69, 9.17) is 4.74 Å². The van der Waals surface area contributed by atoms with E-state index in [1.54, 1.807) is 7.11 Å². The number of likely N-dealkylation sites (tertiary alicyclic amines) is 1. The Labute approximate surface area is 132 Å². The number of carbonyl (C=O) groups excluding carboxylic acids is 1. The number of amides is 1. The Morgan fingerprint density at radius 2 is 2.05 bits per heavy atom. The Morgan fingerprint density at radius 1 is 1.32 bits per heavy atom. The van der Waals surface area contributed by atoms with Crippen molar-refractivity contribution in [3.63, 3.8) is 0 Å². The normalized spacial score (nSPS) is 21.2. The Morgan fingerprint density at radius 3 is 2.68 bits per heavy atom. The van der Waals surface area contributed by atoms with Crippen LogP contribution in [0.4, 0.5) is 5.69 Å². The maximum atomic E-state index is 12.8. The third kappa shape index (κ3) is 3.35. The monoisotopic (exact) mass is 303 g/mol. The molecule has 0 atom stereocenters. The van der Waals surface area contributed by atoms with E-state index in [1.165, 1.54) is 0 Å². The van der Waals surface area contributed by atoms with E-state index in [0.717, 1.165) is 50.2 Å². The number of anilines is 1. The van der Waals surface area contributed by atoms with Gasteiger partial charge in [-0.1, -0.05) is 6.07 Å². The largest absolute Gasteiger partial charge is 0.497 e. The van der Waals surface area contributed by atoms with E-state index in [1.807, 2.05) is 24.3 Å². The first-order valence-corrected chi connectivity index (χ1v) is 8.03. The summed E-state index contributed by atoms with van der Waals surface area (Å²) in [6, 6.07) is 8.19. The van der Waals surface area contributed by atoms with Crippen LogP contribution in [-0.2, 0) is 4.79 Å². The van der Waals surface area contributed by atoms with Gasteiger partial charge >= 0.3 is 0 Å². The van der Waals surface area contributed by atoms with Gasteiger partial charge in [0, 0.05) is 30.9 Å². The molecule has 1 aromatic rings. The second-order valence-electron chi connectivity index (χ2n) is 6.49. The predicted octanol–water partition coefficient (Wildman–Crippen LogP) is 1.85. The fourth-order valence-electron chi connectivity index (χ4n) is 2.94. The van der Waals surface area contributed by atoms with Crippen molar-refractivity contribution in [2.75, 3.05) is 32.6 Å². The zero-order valence-corrected chi connectivity index (χ0v) is 13.4. The average molecular weight is 303 g/mol. The summed E-state index contributed by atoms with van der Waals surface area (Å²) in [5.74, 6) is 0.946. The summed E-state index contributed by atoms with van der Waals surface area (Å²) >= 11 is 0. The molecule has 5 heteroatoms. The minimum atomic E-state index is -0.512. The second kappa shape index (κ2) is 6.16. The summed E-state index contributed by atoms with van der Waals surface area (Å²) in [5, 5.41) is 6.68. The Bertz CT molecular complexity index is 534. The molecule has 2 fully saturated rings. The van der Waals surface area contributed by atoms with Crippen LogP contribution in [0, 0.1) is 0 Å². The molecule has 1 heterocycles. The fourth-order valence-corrected chi connectivity index (χ4v) is 2.94. The van der Waals surface area contributed by atoms with Gasteiger partial charge in [0.2, 0.25) is 5.91 Å². The first-order valence-electron chi connectivity index (χ1n) is 8.03. The SMILES string of the molecule is COc1cccc(NC2(C(=O)NC3CC3)CCN(C)CC2)c1. The summed E-state index contributed by atoms with van der Waals surface area (Å²) < 4.78 is 5.28. The summed E-state index contributed by atoms with van der Waals surface area (Å²) in [4.78, 5) is 15.1. The first kappa shape index (κ1) is 15.2. The maximum absolute atomic E-state index is 12.8. The third-order valence-corrected chi connectivity index (χ3v) is 4.64. The molecule has 0 aromatic heterocycles. The van der Waals surface area contributed by atoms with Crippen LogP contribution in [0.15, 0.2) is 24.3 Å².